The average Bonchev–Trinajstić information content (AvgIpc) is 2.68. The second-order valence-corrected chi connectivity index (χ2v) is 6.08. The number of carbonyl (C=O) groups is 2. The number of hydrogen-bond acceptors (Lipinski definition) is 4. The Hall–Kier alpha value is -1.10. The van der Waals surface area contributed by atoms with E-state index in [0.717, 1.165) is 0 Å². The van der Waals surface area contributed by atoms with E-state index < -0.39 is 18.1 Å². The molecule has 1 aliphatic rings. The van der Waals surface area contributed by atoms with Gasteiger partial charge < -0.3 is 9.84 Å². The highest BCUT2D eigenvalue weighted by atomic mass is 16.6. The van der Waals surface area contributed by atoms with E-state index in [1.54, 1.807) is 6.92 Å². The number of amides is 2. The Morgan fingerprint density at radius 3 is 2.42 bits per heavy atom. The van der Waals surface area contributed by atoms with Crippen LogP contribution in [0.4, 0.5) is 4.79 Å². The molecule has 0 aromatic rings. The molecule has 5 nitrogen and oxygen atoms in total. The van der Waals surface area contributed by atoms with Crippen LogP contribution in [0.5, 0.6) is 0 Å². The number of aliphatic hydroxyl groups excluding tert-OH is 1. The molecule has 1 heterocycles. The lowest BCUT2D eigenvalue weighted by Gasteiger charge is -2.27. The van der Waals surface area contributed by atoms with Crippen molar-refractivity contribution in [3.05, 3.63) is 0 Å². The van der Waals surface area contributed by atoms with Gasteiger partial charge in [-0.05, 0) is 18.3 Å². The van der Waals surface area contributed by atoms with Gasteiger partial charge in [-0.15, -0.1) is 0 Å². The molecule has 0 aliphatic carbocycles. The minimum Gasteiger partial charge on any atom is -0.447 e. The summed E-state index contributed by atoms with van der Waals surface area (Å²) in [6, 6.07) is -0.228. The Labute approximate surface area is 114 Å². The third-order valence-corrected chi connectivity index (χ3v) is 3.59. The Morgan fingerprint density at radius 1 is 1.37 bits per heavy atom. The molecule has 1 fully saturated rings. The van der Waals surface area contributed by atoms with Crippen molar-refractivity contribution in [1.82, 2.24) is 4.90 Å². The van der Waals surface area contributed by atoms with Gasteiger partial charge in [-0.3, -0.25) is 4.79 Å². The van der Waals surface area contributed by atoms with Crippen molar-refractivity contribution in [2.75, 3.05) is 6.61 Å². The van der Waals surface area contributed by atoms with E-state index in [4.69, 9.17) is 4.74 Å². The zero-order valence-corrected chi connectivity index (χ0v) is 12.4. The van der Waals surface area contributed by atoms with E-state index in [2.05, 4.69) is 0 Å². The average molecular weight is 271 g/mol. The van der Waals surface area contributed by atoms with Gasteiger partial charge in [0.15, 0.2) is 0 Å². The van der Waals surface area contributed by atoms with E-state index in [9.17, 15) is 14.7 Å². The Balaban J connectivity index is 2.77. The van der Waals surface area contributed by atoms with Crippen LogP contribution in [0, 0.1) is 17.8 Å². The first-order valence-electron chi connectivity index (χ1n) is 6.93. The third kappa shape index (κ3) is 3.69. The Morgan fingerprint density at radius 2 is 1.95 bits per heavy atom. The van der Waals surface area contributed by atoms with Gasteiger partial charge in [0.1, 0.15) is 6.61 Å². The lowest BCUT2D eigenvalue weighted by atomic mass is 9.94. The summed E-state index contributed by atoms with van der Waals surface area (Å²) in [6.07, 6.45) is -0.775. The minimum absolute atomic E-state index is 0.143. The summed E-state index contributed by atoms with van der Waals surface area (Å²) in [5.74, 6) is -0.481. The lowest BCUT2D eigenvalue weighted by Crippen LogP contribution is -2.46. The van der Waals surface area contributed by atoms with Crippen molar-refractivity contribution in [3.63, 3.8) is 0 Å². The van der Waals surface area contributed by atoms with Gasteiger partial charge in [-0.2, -0.15) is 0 Å². The van der Waals surface area contributed by atoms with Gasteiger partial charge in [0.2, 0.25) is 5.91 Å². The van der Waals surface area contributed by atoms with Crippen LogP contribution in [-0.2, 0) is 9.53 Å². The van der Waals surface area contributed by atoms with Crippen LogP contribution in [0.25, 0.3) is 0 Å². The van der Waals surface area contributed by atoms with Crippen molar-refractivity contribution in [3.8, 4) is 0 Å². The summed E-state index contributed by atoms with van der Waals surface area (Å²) >= 11 is 0. The molecule has 1 saturated heterocycles. The van der Waals surface area contributed by atoms with Gasteiger partial charge in [-0.1, -0.05) is 34.6 Å². The lowest BCUT2D eigenvalue weighted by molar-refractivity contribution is -0.137. The summed E-state index contributed by atoms with van der Waals surface area (Å²) in [6.45, 7) is 9.78. The molecule has 0 unspecified atom stereocenters. The molecule has 0 saturated carbocycles. The highest BCUT2D eigenvalue weighted by Gasteiger charge is 2.42. The quantitative estimate of drug-likeness (QED) is 0.831. The van der Waals surface area contributed by atoms with Gasteiger partial charge in [0, 0.05) is 0 Å². The second-order valence-electron chi connectivity index (χ2n) is 6.08. The largest absolute Gasteiger partial charge is 0.447 e. The van der Waals surface area contributed by atoms with E-state index in [0.29, 0.717) is 12.3 Å². The van der Waals surface area contributed by atoms with Crippen molar-refractivity contribution in [1.29, 1.82) is 0 Å². The predicted molar refractivity (Wildman–Crippen MR) is 71.4 cm³/mol. The van der Waals surface area contributed by atoms with Gasteiger partial charge >= 0.3 is 6.09 Å². The number of nitrogens with zero attached hydrogens (tertiary/aromatic N) is 1. The number of imide groups is 1. The first kappa shape index (κ1) is 16.0. The fraction of sp³-hybridized carbons (Fsp3) is 0.857. The van der Waals surface area contributed by atoms with Crippen LogP contribution in [0.2, 0.25) is 0 Å². The molecule has 3 atom stereocenters. The molecule has 0 spiro atoms. The topological polar surface area (TPSA) is 66.8 Å². The van der Waals surface area contributed by atoms with Crippen molar-refractivity contribution >= 4 is 12.0 Å². The highest BCUT2D eigenvalue weighted by Crippen LogP contribution is 2.24. The fourth-order valence-electron chi connectivity index (χ4n) is 2.25. The molecule has 110 valence electrons. The number of ether oxygens (including phenoxy) is 1. The fourth-order valence-corrected chi connectivity index (χ4v) is 2.25. The number of hydrogen-bond donors (Lipinski definition) is 1. The smallest absolute Gasteiger partial charge is 0.416 e. The number of carbonyl (C=O) groups excluding carboxylic acids is 2. The summed E-state index contributed by atoms with van der Waals surface area (Å²) < 4.78 is 4.96. The number of rotatable bonds is 5. The minimum atomic E-state index is -0.728. The molecule has 0 radical (unpaired) electrons. The first-order valence-corrected chi connectivity index (χ1v) is 6.93. The van der Waals surface area contributed by atoms with Gasteiger partial charge in [0.25, 0.3) is 0 Å². The van der Waals surface area contributed by atoms with Crippen LogP contribution in [0.15, 0.2) is 0 Å². The molecule has 5 heteroatoms. The van der Waals surface area contributed by atoms with Crippen LogP contribution in [0.3, 0.4) is 0 Å². The van der Waals surface area contributed by atoms with Crippen molar-refractivity contribution in [2.45, 2.75) is 53.2 Å². The van der Waals surface area contributed by atoms with Crippen LogP contribution in [-0.4, -0.2) is 40.8 Å². The second kappa shape index (κ2) is 6.37. The number of cyclic esters (lactones) is 1. The van der Waals surface area contributed by atoms with Crippen LogP contribution < -0.4 is 0 Å². The maximum absolute atomic E-state index is 12.4. The summed E-state index contributed by atoms with van der Waals surface area (Å²) in [4.78, 5) is 25.2. The molecule has 0 aromatic heterocycles. The van der Waals surface area contributed by atoms with Crippen molar-refractivity contribution < 1.29 is 19.4 Å². The SMILES string of the molecule is CC(C)C[C@H](O)[C@@H](C)C(=O)N1C(=O)OC[C@@H]1C(C)C. The zero-order valence-electron chi connectivity index (χ0n) is 12.4. The molecule has 1 aliphatic heterocycles. The Kier molecular flexibility index (Phi) is 5.35. The van der Waals surface area contributed by atoms with Crippen LogP contribution in [0.1, 0.15) is 41.0 Å². The van der Waals surface area contributed by atoms with Crippen LogP contribution >= 0.6 is 0 Å². The maximum atomic E-state index is 12.4. The molecule has 2 amide bonds. The normalized spacial score (nSPS) is 22.8. The summed E-state index contributed by atoms with van der Waals surface area (Å²) in [7, 11) is 0. The highest BCUT2D eigenvalue weighted by molar-refractivity contribution is 5.94. The van der Waals surface area contributed by atoms with E-state index in [1.165, 1.54) is 4.90 Å². The van der Waals surface area contributed by atoms with E-state index >= 15 is 0 Å². The molecular formula is C14H25NO4. The molecule has 1 N–H and O–H groups in total. The molecule has 19 heavy (non-hydrogen) atoms. The van der Waals surface area contributed by atoms with E-state index in [1.807, 2.05) is 27.7 Å². The van der Waals surface area contributed by atoms with Gasteiger partial charge in [0.05, 0.1) is 18.1 Å². The first-order chi connectivity index (χ1) is 8.75. The molecule has 0 bridgehead atoms. The third-order valence-electron chi connectivity index (χ3n) is 3.59. The standard InChI is InChI=1S/C14H25NO4/c1-8(2)6-12(16)10(5)13(17)15-11(9(3)4)7-19-14(15)18/h8-12,16H,6-7H2,1-5H3/t10-,11-,12+/m1/s1. The summed E-state index contributed by atoms with van der Waals surface area (Å²) in [5, 5.41) is 10.0. The van der Waals surface area contributed by atoms with Gasteiger partial charge in [-0.25, -0.2) is 9.69 Å². The predicted octanol–water partition coefficient (Wildman–Crippen LogP) is 2.03. The number of aliphatic hydroxyl groups is 1. The molecule has 0 aromatic carbocycles. The molecule has 1 rings (SSSR count). The molecular weight excluding hydrogens is 246 g/mol. The van der Waals surface area contributed by atoms with Crippen molar-refractivity contribution in [2.24, 2.45) is 17.8 Å². The zero-order chi connectivity index (χ0) is 14.7. The Bertz CT molecular complexity index is 340. The maximum Gasteiger partial charge on any atom is 0.416 e. The summed E-state index contributed by atoms with van der Waals surface area (Å²) in [5.41, 5.74) is 0. The monoisotopic (exact) mass is 271 g/mol. The van der Waals surface area contributed by atoms with E-state index in [-0.39, 0.29) is 24.5 Å².